The number of hydrogen-bond donors (Lipinski definition) is 2. The van der Waals surface area contributed by atoms with E-state index in [1.807, 2.05) is 32.0 Å². The van der Waals surface area contributed by atoms with Gasteiger partial charge in [0.05, 0.1) is 22.6 Å². The fourth-order valence-corrected chi connectivity index (χ4v) is 4.73. The molecule has 1 unspecified atom stereocenters. The molecule has 1 saturated heterocycles. The zero-order valence-electron chi connectivity index (χ0n) is 12.7. The van der Waals surface area contributed by atoms with Crippen LogP contribution >= 0.6 is 0 Å². The van der Waals surface area contributed by atoms with Gasteiger partial charge in [-0.2, -0.15) is 0 Å². The van der Waals surface area contributed by atoms with E-state index in [0.717, 1.165) is 17.8 Å². The van der Waals surface area contributed by atoms with Gasteiger partial charge in [0.2, 0.25) is 0 Å². The number of carbonyl (C=O) groups is 1. The zero-order chi connectivity index (χ0) is 15.7. The first-order valence-electron chi connectivity index (χ1n) is 7.12. The second-order valence-corrected chi connectivity index (χ2v) is 8.12. The summed E-state index contributed by atoms with van der Waals surface area (Å²) in [6.45, 7) is 6.40. The fourth-order valence-electron chi connectivity index (χ4n) is 2.64. The number of hydrogen-bond acceptors (Lipinski definition) is 4. The lowest BCUT2D eigenvalue weighted by molar-refractivity contribution is 0.0916. The van der Waals surface area contributed by atoms with Gasteiger partial charge in [0.1, 0.15) is 0 Å². The van der Waals surface area contributed by atoms with Gasteiger partial charge in [-0.25, -0.2) is 8.42 Å². The third-order valence-electron chi connectivity index (χ3n) is 3.71. The fraction of sp³-hybridized carbons (Fsp3) is 0.533. The number of anilines is 1. The highest BCUT2D eigenvalue weighted by Gasteiger charge is 2.39. The van der Waals surface area contributed by atoms with Crippen molar-refractivity contribution < 1.29 is 13.2 Å². The molecule has 5 nitrogen and oxygen atoms in total. The molecule has 0 aliphatic carbocycles. The number of amides is 1. The molecule has 6 heteroatoms. The molecule has 116 valence electrons. The minimum Gasteiger partial charge on any atom is -0.385 e. The lowest BCUT2D eigenvalue weighted by Crippen LogP contribution is -2.47. The molecular formula is C15H22N2O3S. The zero-order valence-corrected chi connectivity index (χ0v) is 13.5. The summed E-state index contributed by atoms with van der Waals surface area (Å²) in [5, 5.41) is 6.05. The predicted octanol–water partition coefficient (Wildman–Crippen LogP) is 1.73. The van der Waals surface area contributed by atoms with Crippen molar-refractivity contribution in [1.82, 2.24) is 5.32 Å². The van der Waals surface area contributed by atoms with Crippen molar-refractivity contribution in [1.29, 1.82) is 0 Å². The van der Waals surface area contributed by atoms with Gasteiger partial charge in [-0.1, -0.05) is 11.6 Å². The van der Waals surface area contributed by atoms with Crippen molar-refractivity contribution in [3.8, 4) is 0 Å². The number of aryl methyl sites for hydroxylation is 1. The van der Waals surface area contributed by atoms with Crippen molar-refractivity contribution >= 4 is 21.4 Å². The molecule has 0 bridgehead atoms. The van der Waals surface area contributed by atoms with Crippen molar-refractivity contribution in [2.75, 3.05) is 23.4 Å². The number of benzene rings is 1. The van der Waals surface area contributed by atoms with E-state index < -0.39 is 15.4 Å². The molecule has 2 N–H and O–H groups in total. The van der Waals surface area contributed by atoms with Gasteiger partial charge in [-0.3, -0.25) is 4.79 Å². The summed E-state index contributed by atoms with van der Waals surface area (Å²) in [5.74, 6) is -0.0829. The average molecular weight is 310 g/mol. The first-order valence-corrected chi connectivity index (χ1v) is 8.94. The number of carbonyl (C=O) groups excluding carboxylic acids is 1. The monoisotopic (exact) mass is 310 g/mol. The maximum atomic E-state index is 12.5. The van der Waals surface area contributed by atoms with Crippen LogP contribution in [0.1, 0.15) is 36.2 Å². The van der Waals surface area contributed by atoms with E-state index in [-0.39, 0.29) is 17.4 Å². The maximum absolute atomic E-state index is 12.5. The summed E-state index contributed by atoms with van der Waals surface area (Å²) < 4.78 is 23.2. The van der Waals surface area contributed by atoms with Crippen LogP contribution in [0.5, 0.6) is 0 Å². The Hall–Kier alpha value is -1.56. The molecule has 1 aromatic rings. The minimum atomic E-state index is -3.04. The van der Waals surface area contributed by atoms with Gasteiger partial charge in [0.25, 0.3) is 5.91 Å². The Labute approximate surface area is 126 Å². The van der Waals surface area contributed by atoms with E-state index in [0.29, 0.717) is 12.0 Å². The summed E-state index contributed by atoms with van der Waals surface area (Å²) in [4.78, 5) is 12.5. The lowest BCUT2D eigenvalue weighted by Gasteiger charge is -2.24. The normalized spacial score (nSPS) is 23.8. The van der Waals surface area contributed by atoms with Crippen molar-refractivity contribution in [3.63, 3.8) is 0 Å². The van der Waals surface area contributed by atoms with Gasteiger partial charge < -0.3 is 10.6 Å². The Morgan fingerprint density at radius 1 is 1.38 bits per heavy atom. The molecule has 1 aliphatic rings. The van der Waals surface area contributed by atoms with Gasteiger partial charge >= 0.3 is 0 Å². The van der Waals surface area contributed by atoms with Gasteiger partial charge in [-0.15, -0.1) is 0 Å². The number of sulfone groups is 1. The van der Waals surface area contributed by atoms with Crippen LogP contribution in [-0.4, -0.2) is 37.9 Å². The Morgan fingerprint density at radius 2 is 2.10 bits per heavy atom. The molecule has 21 heavy (non-hydrogen) atoms. The SMILES string of the molecule is CCNc1ccc(C)cc1C(=O)NC1(C)CCS(=O)(=O)C1. The third-order valence-corrected chi connectivity index (χ3v) is 5.61. The molecule has 1 amide bonds. The minimum absolute atomic E-state index is 0.00803. The number of nitrogens with one attached hydrogen (secondary N) is 2. The molecule has 1 heterocycles. The van der Waals surface area contributed by atoms with E-state index in [4.69, 9.17) is 0 Å². The van der Waals surface area contributed by atoms with Gasteiger partial charge in [0, 0.05) is 12.2 Å². The highest BCUT2D eigenvalue weighted by molar-refractivity contribution is 7.91. The third kappa shape index (κ3) is 3.75. The second kappa shape index (κ2) is 5.67. The van der Waals surface area contributed by atoms with Crippen LogP contribution in [0.2, 0.25) is 0 Å². The molecular weight excluding hydrogens is 288 g/mol. The van der Waals surface area contributed by atoms with Gasteiger partial charge in [0.15, 0.2) is 9.84 Å². The summed E-state index contributed by atoms with van der Waals surface area (Å²) >= 11 is 0. The van der Waals surface area contributed by atoms with Crippen molar-refractivity contribution in [2.45, 2.75) is 32.7 Å². The summed E-state index contributed by atoms with van der Waals surface area (Å²) in [5.41, 5.74) is 1.64. The Kier molecular flexibility index (Phi) is 4.27. The quantitative estimate of drug-likeness (QED) is 0.888. The Morgan fingerprint density at radius 3 is 2.67 bits per heavy atom. The van der Waals surface area contributed by atoms with Crippen LogP contribution < -0.4 is 10.6 Å². The first-order chi connectivity index (χ1) is 9.75. The number of rotatable bonds is 4. The van der Waals surface area contributed by atoms with E-state index in [1.54, 1.807) is 6.92 Å². The maximum Gasteiger partial charge on any atom is 0.253 e. The molecule has 1 aromatic carbocycles. The molecule has 1 fully saturated rings. The molecule has 0 aromatic heterocycles. The van der Waals surface area contributed by atoms with Crippen LogP contribution in [0.15, 0.2) is 18.2 Å². The smallest absolute Gasteiger partial charge is 0.253 e. The second-order valence-electron chi connectivity index (χ2n) is 5.94. The molecule has 0 spiro atoms. The highest BCUT2D eigenvalue weighted by Crippen LogP contribution is 2.25. The molecule has 0 saturated carbocycles. The van der Waals surface area contributed by atoms with E-state index in [1.165, 1.54) is 0 Å². The highest BCUT2D eigenvalue weighted by atomic mass is 32.2. The topological polar surface area (TPSA) is 75.3 Å². The predicted molar refractivity (Wildman–Crippen MR) is 84.5 cm³/mol. The van der Waals surface area contributed by atoms with Crippen LogP contribution in [0.3, 0.4) is 0 Å². The van der Waals surface area contributed by atoms with Crippen LogP contribution in [0.4, 0.5) is 5.69 Å². The lowest BCUT2D eigenvalue weighted by atomic mass is 10.0. The van der Waals surface area contributed by atoms with Gasteiger partial charge in [-0.05, 0) is 39.3 Å². The first kappa shape index (κ1) is 15.8. The molecule has 2 rings (SSSR count). The van der Waals surface area contributed by atoms with E-state index in [9.17, 15) is 13.2 Å². The summed E-state index contributed by atoms with van der Waals surface area (Å²) in [6, 6.07) is 5.64. The largest absolute Gasteiger partial charge is 0.385 e. The standard InChI is InChI=1S/C15H22N2O3S/c1-4-16-13-6-5-11(2)9-12(13)14(18)17-15(3)7-8-21(19,20)10-15/h5-6,9,16H,4,7-8,10H2,1-3H3,(H,17,18). The molecule has 1 aliphatic heterocycles. The average Bonchev–Trinajstić information content (AvgIpc) is 2.65. The van der Waals surface area contributed by atoms with E-state index in [2.05, 4.69) is 10.6 Å². The van der Waals surface area contributed by atoms with Crippen molar-refractivity contribution in [3.05, 3.63) is 29.3 Å². The molecule has 1 atom stereocenters. The summed E-state index contributed by atoms with van der Waals surface area (Å²) in [6.07, 6.45) is 0.462. The Balaban J connectivity index is 2.23. The molecule has 0 radical (unpaired) electrons. The van der Waals surface area contributed by atoms with Crippen LogP contribution in [-0.2, 0) is 9.84 Å². The van der Waals surface area contributed by atoms with E-state index >= 15 is 0 Å². The van der Waals surface area contributed by atoms with Crippen molar-refractivity contribution in [2.24, 2.45) is 0 Å². The summed E-state index contributed by atoms with van der Waals surface area (Å²) in [7, 11) is -3.04. The van der Waals surface area contributed by atoms with Crippen LogP contribution in [0, 0.1) is 6.92 Å². The Bertz CT molecular complexity index is 655. The van der Waals surface area contributed by atoms with Crippen LogP contribution in [0.25, 0.3) is 0 Å².